The number of hydrogen-bond acceptors (Lipinski definition) is 5. The number of nitrogens with zero attached hydrogens (tertiary/aromatic N) is 2. The Labute approximate surface area is 161 Å². The quantitative estimate of drug-likeness (QED) is 0.784. The first-order valence-corrected chi connectivity index (χ1v) is 8.61. The van der Waals surface area contributed by atoms with Crippen LogP contribution in [0.1, 0.15) is 32.0 Å². The lowest BCUT2D eigenvalue weighted by Gasteiger charge is -2.22. The molecule has 1 unspecified atom stereocenters. The highest BCUT2D eigenvalue weighted by atomic mass is 19.4. The Morgan fingerprint density at radius 1 is 1.18 bits per heavy atom. The van der Waals surface area contributed by atoms with Crippen molar-refractivity contribution in [2.24, 2.45) is 5.73 Å². The summed E-state index contributed by atoms with van der Waals surface area (Å²) in [7, 11) is 0. The van der Waals surface area contributed by atoms with Crippen molar-refractivity contribution < 1.29 is 22.7 Å². The van der Waals surface area contributed by atoms with Crippen LogP contribution in [0.3, 0.4) is 0 Å². The van der Waals surface area contributed by atoms with Gasteiger partial charge in [-0.3, -0.25) is 4.79 Å². The number of ether oxygens (including phenoxy) is 1. The lowest BCUT2D eigenvalue weighted by atomic mass is 10.1. The van der Waals surface area contributed by atoms with E-state index in [2.05, 4.69) is 15.3 Å². The summed E-state index contributed by atoms with van der Waals surface area (Å²) < 4.78 is 43.5. The van der Waals surface area contributed by atoms with E-state index in [1.165, 1.54) is 18.5 Å². The zero-order valence-electron chi connectivity index (χ0n) is 15.9. The summed E-state index contributed by atoms with van der Waals surface area (Å²) in [6.07, 6.45) is -3.10. The number of nitrogens with two attached hydrogens (primary N) is 1. The molecule has 0 radical (unpaired) electrons. The minimum Gasteiger partial charge on any atom is -0.374 e. The summed E-state index contributed by atoms with van der Waals surface area (Å²) in [6.45, 7) is 5.78. The molecule has 1 atom stereocenters. The van der Waals surface area contributed by atoms with Crippen LogP contribution in [0.15, 0.2) is 36.7 Å². The summed E-state index contributed by atoms with van der Waals surface area (Å²) >= 11 is 0. The molecule has 2 rings (SSSR count). The molecule has 0 spiro atoms. The zero-order chi connectivity index (χ0) is 20.9. The first-order valence-electron chi connectivity index (χ1n) is 8.61. The number of nitrogens with one attached hydrogen (secondary N) is 1. The average Bonchev–Trinajstić information content (AvgIpc) is 2.63. The third-order valence-corrected chi connectivity index (χ3v) is 3.71. The largest absolute Gasteiger partial charge is 0.416 e. The van der Waals surface area contributed by atoms with E-state index in [4.69, 9.17) is 10.5 Å². The van der Waals surface area contributed by atoms with E-state index in [-0.39, 0.29) is 19.1 Å². The van der Waals surface area contributed by atoms with Crippen LogP contribution < -0.4 is 11.1 Å². The van der Waals surface area contributed by atoms with Gasteiger partial charge >= 0.3 is 6.18 Å². The van der Waals surface area contributed by atoms with Crippen molar-refractivity contribution in [3.05, 3.63) is 47.9 Å². The minimum atomic E-state index is -4.39. The van der Waals surface area contributed by atoms with Crippen LogP contribution in [-0.2, 0) is 22.3 Å². The number of aromatic nitrogens is 2. The second kappa shape index (κ2) is 8.66. The van der Waals surface area contributed by atoms with Gasteiger partial charge in [-0.05, 0) is 39.0 Å². The van der Waals surface area contributed by atoms with Crippen molar-refractivity contribution in [3.8, 4) is 11.3 Å². The molecule has 0 aliphatic carbocycles. The molecule has 0 aliphatic rings. The van der Waals surface area contributed by atoms with E-state index in [0.29, 0.717) is 17.0 Å². The zero-order valence-corrected chi connectivity index (χ0v) is 15.9. The van der Waals surface area contributed by atoms with E-state index in [1.54, 1.807) is 6.07 Å². The fourth-order valence-corrected chi connectivity index (χ4v) is 2.21. The van der Waals surface area contributed by atoms with Gasteiger partial charge in [0.05, 0.1) is 35.7 Å². The van der Waals surface area contributed by atoms with E-state index < -0.39 is 23.4 Å². The molecule has 3 N–H and O–H groups in total. The third-order valence-electron chi connectivity index (χ3n) is 3.71. The molecule has 1 aromatic heterocycles. The number of amides is 1. The number of halogens is 3. The number of carbonyl (C=O) groups is 1. The Morgan fingerprint density at radius 3 is 2.39 bits per heavy atom. The van der Waals surface area contributed by atoms with Crippen LogP contribution in [-0.4, -0.2) is 34.1 Å². The average molecular weight is 396 g/mol. The van der Waals surface area contributed by atoms with Gasteiger partial charge in [0.2, 0.25) is 5.91 Å². The summed E-state index contributed by atoms with van der Waals surface area (Å²) in [4.78, 5) is 20.2. The predicted octanol–water partition coefficient (Wildman–Crippen LogP) is 2.92. The molecule has 1 heterocycles. The SMILES string of the molecule is CC(C)(C)OCC(N)C(=O)NCc1cc(-c2ccc(C(F)(F)F)cc2)ncn1. The molecule has 28 heavy (non-hydrogen) atoms. The van der Waals surface area contributed by atoms with Crippen molar-refractivity contribution in [3.63, 3.8) is 0 Å². The van der Waals surface area contributed by atoms with Gasteiger partial charge < -0.3 is 15.8 Å². The summed E-state index contributed by atoms with van der Waals surface area (Å²) in [5.41, 5.74) is 6.13. The smallest absolute Gasteiger partial charge is 0.374 e. The van der Waals surface area contributed by atoms with Gasteiger partial charge in [-0.25, -0.2) is 9.97 Å². The Hall–Kier alpha value is -2.52. The fourth-order valence-electron chi connectivity index (χ4n) is 2.21. The standard InChI is InChI=1S/C19H23F3N4O2/c1-18(2,3)28-10-15(23)17(27)24-9-14-8-16(26-11-25-14)12-4-6-13(7-5-12)19(20,21)22/h4-8,11,15H,9-10,23H2,1-3H3,(H,24,27). The van der Waals surface area contributed by atoms with Gasteiger partial charge in [0.1, 0.15) is 12.4 Å². The summed E-state index contributed by atoms with van der Waals surface area (Å²) in [6, 6.07) is 5.44. The minimum absolute atomic E-state index is 0.0793. The lowest BCUT2D eigenvalue weighted by molar-refractivity contribution is -0.137. The number of alkyl halides is 3. The molecule has 9 heteroatoms. The highest BCUT2D eigenvalue weighted by Crippen LogP contribution is 2.30. The molecule has 0 aliphatic heterocycles. The highest BCUT2D eigenvalue weighted by molar-refractivity contribution is 5.81. The van der Waals surface area contributed by atoms with Gasteiger partial charge in [-0.15, -0.1) is 0 Å². The molecular formula is C19H23F3N4O2. The van der Waals surface area contributed by atoms with Crippen LogP contribution in [0.4, 0.5) is 13.2 Å². The van der Waals surface area contributed by atoms with Gasteiger partial charge in [-0.2, -0.15) is 13.2 Å². The van der Waals surface area contributed by atoms with Gasteiger partial charge in [0, 0.05) is 5.56 Å². The Morgan fingerprint density at radius 2 is 1.82 bits per heavy atom. The van der Waals surface area contributed by atoms with Crippen LogP contribution in [0.2, 0.25) is 0 Å². The van der Waals surface area contributed by atoms with Crippen LogP contribution >= 0.6 is 0 Å². The summed E-state index contributed by atoms with van der Waals surface area (Å²) in [5.74, 6) is -0.390. The van der Waals surface area contributed by atoms with Gasteiger partial charge in [0.25, 0.3) is 0 Å². The first kappa shape index (κ1) is 21.8. The lowest BCUT2D eigenvalue weighted by Crippen LogP contribution is -2.44. The Bertz CT molecular complexity index is 802. The summed E-state index contributed by atoms with van der Waals surface area (Å²) in [5, 5.41) is 2.66. The molecule has 152 valence electrons. The van der Waals surface area contributed by atoms with E-state index in [1.807, 2.05) is 20.8 Å². The first-order chi connectivity index (χ1) is 13.0. The molecule has 0 saturated heterocycles. The molecule has 2 aromatic rings. The maximum atomic E-state index is 12.7. The van der Waals surface area contributed by atoms with Crippen molar-refractivity contribution in [2.75, 3.05) is 6.61 Å². The second-order valence-corrected chi connectivity index (χ2v) is 7.22. The van der Waals surface area contributed by atoms with Crippen molar-refractivity contribution >= 4 is 5.91 Å². The molecule has 6 nitrogen and oxygen atoms in total. The molecule has 0 fully saturated rings. The molecule has 0 bridgehead atoms. The van der Waals surface area contributed by atoms with Crippen molar-refractivity contribution in [1.82, 2.24) is 15.3 Å². The van der Waals surface area contributed by atoms with E-state index in [0.717, 1.165) is 12.1 Å². The number of hydrogen-bond donors (Lipinski definition) is 2. The molecular weight excluding hydrogens is 373 g/mol. The van der Waals surface area contributed by atoms with E-state index >= 15 is 0 Å². The fraction of sp³-hybridized carbons (Fsp3) is 0.421. The monoisotopic (exact) mass is 396 g/mol. The van der Waals surface area contributed by atoms with Crippen molar-refractivity contribution in [1.29, 1.82) is 0 Å². The normalized spacial score (nSPS) is 13.2. The maximum absolute atomic E-state index is 12.7. The Balaban J connectivity index is 1.99. The predicted molar refractivity (Wildman–Crippen MR) is 98.0 cm³/mol. The van der Waals surface area contributed by atoms with Crippen LogP contribution in [0.5, 0.6) is 0 Å². The third kappa shape index (κ3) is 6.58. The second-order valence-electron chi connectivity index (χ2n) is 7.22. The Kier molecular flexibility index (Phi) is 6.73. The number of benzene rings is 1. The number of rotatable bonds is 6. The number of carbonyl (C=O) groups excluding carboxylic acids is 1. The highest BCUT2D eigenvalue weighted by Gasteiger charge is 2.30. The van der Waals surface area contributed by atoms with Crippen LogP contribution in [0, 0.1) is 0 Å². The van der Waals surface area contributed by atoms with Gasteiger partial charge in [0.15, 0.2) is 0 Å². The molecule has 1 amide bonds. The maximum Gasteiger partial charge on any atom is 0.416 e. The van der Waals surface area contributed by atoms with E-state index in [9.17, 15) is 18.0 Å². The molecule has 1 aromatic carbocycles. The van der Waals surface area contributed by atoms with Crippen LogP contribution in [0.25, 0.3) is 11.3 Å². The van der Waals surface area contributed by atoms with Crippen molar-refractivity contribution in [2.45, 2.75) is 45.1 Å². The topological polar surface area (TPSA) is 90.1 Å². The molecule has 0 saturated carbocycles. The van der Waals surface area contributed by atoms with Gasteiger partial charge in [-0.1, -0.05) is 12.1 Å².